The molecule has 1 aromatic rings. The third kappa shape index (κ3) is 2.62. The summed E-state index contributed by atoms with van der Waals surface area (Å²) in [4.78, 5) is 10.8. The summed E-state index contributed by atoms with van der Waals surface area (Å²) in [6, 6.07) is -3.63. The van der Waals surface area contributed by atoms with Crippen LogP contribution in [-0.2, 0) is 4.79 Å². The Bertz CT molecular complexity index is 488. The first-order chi connectivity index (χ1) is 7.77. The van der Waals surface area contributed by atoms with Gasteiger partial charge >= 0.3 is 5.97 Å². The maximum absolute atomic E-state index is 13.1. The zero-order chi connectivity index (χ0) is 13.3. The number of hydrogen-bond donors (Lipinski definition) is 0. The molecule has 0 N–H and O–H groups in total. The molecule has 0 aromatic heterocycles. The van der Waals surface area contributed by atoms with Crippen molar-refractivity contribution in [3.8, 4) is 5.75 Å². The van der Waals surface area contributed by atoms with Gasteiger partial charge in [-0.1, -0.05) is 6.58 Å². The summed E-state index contributed by atoms with van der Waals surface area (Å²) in [7, 11) is 0. The predicted molar refractivity (Wildman–Crippen MR) is 42.2 cm³/mol. The fourth-order valence-corrected chi connectivity index (χ4v) is 0.589. The van der Waals surface area contributed by atoms with E-state index in [1.165, 1.54) is 0 Å². The SMILES string of the molecule is [2H]c1c(F)c([2H])c(OC(=O)C(=C)F)c([2H])c1F. The molecule has 0 heterocycles. The van der Waals surface area contributed by atoms with E-state index in [1.807, 2.05) is 0 Å². The molecule has 0 spiro atoms. The minimum atomic E-state index is -1.66. The highest BCUT2D eigenvalue weighted by atomic mass is 19.1. The van der Waals surface area contributed by atoms with Gasteiger partial charge in [-0.05, 0) is 0 Å². The molecule has 0 atom stereocenters. The Morgan fingerprint density at radius 2 is 1.86 bits per heavy atom. The molecule has 74 valence electrons. The summed E-state index contributed by atoms with van der Waals surface area (Å²) in [5.74, 6) is -7.51. The quantitative estimate of drug-likeness (QED) is 0.421. The highest BCUT2D eigenvalue weighted by Crippen LogP contribution is 2.16. The van der Waals surface area contributed by atoms with Crippen molar-refractivity contribution in [2.75, 3.05) is 0 Å². The van der Waals surface area contributed by atoms with Crippen LogP contribution in [-0.4, -0.2) is 5.97 Å². The number of hydrogen-bond acceptors (Lipinski definition) is 2. The van der Waals surface area contributed by atoms with E-state index in [9.17, 15) is 18.0 Å². The van der Waals surface area contributed by atoms with Crippen LogP contribution in [0.3, 0.4) is 0 Å². The molecule has 14 heavy (non-hydrogen) atoms. The fourth-order valence-electron chi connectivity index (χ4n) is 0.589. The molecule has 0 aliphatic carbocycles. The van der Waals surface area contributed by atoms with E-state index in [0.717, 1.165) is 0 Å². The molecule has 0 amide bonds. The maximum Gasteiger partial charge on any atom is 0.371 e. The van der Waals surface area contributed by atoms with Crippen LogP contribution in [0.5, 0.6) is 5.75 Å². The average molecular weight is 205 g/mol. The van der Waals surface area contributed by atoms with Crippen LogP contribution in [0.4, 0.5) is 13.2 Å². The van der Waals surface area contributed by atoms with Gasteiger partial charge in [0.2, 0.25) is 5.83 Å². The normalized spacial score (nSPS) is 12.6. The number of rotatable bonds is 2. The van der Waals surface area contributed by atoms with Crippen LogP contribution in [0.15, 0.2) is 30.5 Å². The van der Waals surface area contributed by atoms with Gasteiger partial charge in [0.05, 0.1) is 4.11 Å². The highest BCUT2D eigenvalue weighted by molar-refractivity contribution is 5.87. The Kier molecular flexibility index (Phi) is 1.87. The second-order valence-corrected chi connectivity index (χ2v) is 2.13. The summed E-state index contributed by atoms with van der Waals surface area (Å²) in [6.07, 6.45) is 0. The van der Waals surface area contributed by atoms with Crippen molar-refractivity contribution in [1.29, 1.82) is 0 Å². The average Bonchev–Trinajstić information content (AvgIpc) is 2.29. The van der Waals surface area contributed by atoms with Gasteiger partial charge in [-0.2, -0.15) is 4.39 Å². The van der Waals surface area contributed by atoms with Gasteiger partial charge in [0.15, 0.2) is 0 Å². The van der Waals surface area contributed by atoms with E-state index < -0.39 is 47.3 Å². The van der Waals surface area contributed by atoms with Crippen LogP contribution in [0.1, 0.15) is 4.11 Å². The molecule has 0 fully saturated rings. The molecule has 1 aromatic carbocycles. The molecular formula is C9H5F3O2. The lowest BCUT2D eigenvalue weighted by Crippen LogP contribution is -2.07. The van der Waals surface area contributed by atoms with E-state index in [1.54, 1.807) is 0 Å². The lowest BCUT2D eigenvalue weighted by atomic mass is 10.3. The summed E-state index contributed by atoms with van der Waals surface area (Å²) in [6.45, 7) is 2.58. The van der Waals surface area contributed by atoms with Crippen LogP contribution < -0.4 is 4.74 Å². The molecule has 0 saturated carbocycles. The lowest BCUT2D eigenvalue weighted by molar-refractivity contribution is -0.131. The zero-order valence-electron chi connectivity index (χ0n) is 9.66. The third-order valence-corrected chi connectivity index (χ3v) is 1.08. The van der Waals surface area contributed by atoms with Gasteiger partial charge in [0.25, 0.3) is 0 Å². The van der Waals surface area contributed by atoms with Crippen LogP contribution >= 0.6 is 0 Å². The van der Waals surface area contributed by atoms with Gasteiger partial charge in [-0.3, -0.25) is 0 Å². The standard InChI is InChI=1S/C9H5F3O2/c1-5(10)9(13)14-8-3-6(11)2-7(12)4-8/h2-4H,1H2/i2D,3D,4D. The second-order valence-electron chi connectivity index (χ2n) is 2.13. The Labute approximate surface area is 81.8 Å². The van der Waals surface area contributed by atoms with Crippen molar-refractivity contribution in [3.63, 3.8) is 0 Å². The summed E-state index contributed by atoms with van der Waals surface area (Å²) in [5, 5.41) is 0. The Morgan fingerprint density at radius 3 is 2.29 bits per heavy atom. The summed E-state index contributed by atoms with van der Waals surface area (Å²) < 4.78 is 63.6. The molecule has 0 unspecified atom stereocenters. The predicted octanol–water partition coefficient (Wildman–Crippen LogP) is 2.35. The smallest absolute Gasteiger partial charge is 0.371 e. The van der Waals surface area contributed by atoms with E-state index >= 15 is 0 Å². The van der Waals surface area contributed by atoms with Crippen LogP contribution in [0.25, 0.3) is 0 Å². The molecule has 5 heteroatoms. The fraction of sp³-hybridized carbons (Fsp3) is 0. The highest BCUT2D eigenvalue weighted by Gasteiger charge is 2.10. The number of ether oxygens (including phenoxy) is 1. The topological polar surface area (TPSA) is 26.3 Å². The molecule has 0 bridgehead atoms. The number of esters is 1. The number of carbonyl (C=O) groups excluding carboxylic acids is 1. The Morgan fingerprint density at radius 1 is 1.36 bits per heavy atom. The van der Waals surface area contributed by atoms with Gasteiger partial charge < -0.3 is 4.74 Å². The van der Waals surface area contributed by atoms with E-state index in [-0.39, 0.29) is 0 Å². The molecule has 0 aliphatic rings. The first kappa shape index (κ1) is 6.64. The summed E-state index contributed by atoms with van der Waals surface area (Å²) in [5.41, 5.74) is 0. The number of benzene rings is 1. The molecule has 0 aliphatic heterocycles. The van der Waals surface area contributed by atoms with E-state index in [4.69, 9.17) is 4.11 Å². The van der Waals surface area contributed by atoms with Gasteiger partial charge in [0, 0.05) is 18.1 Å². The van der Waals surface area contributed by atoms with Gasteiger partial charge in [0.1, 0.15) is 17.4 Å². The largest absolute Gasteiger partial charge is 0.421 e. The van der Waals surface area contributed by atoms with Gasteiger partial charge in [-0.15, -0.1) is 0 Å². The molecule has 0 saturated heterocycles. The first-order valence-corrected chi connectivity index (χ1v) is 3.28. The van der Waals surface area contributed by atoms with Crippen molar-refractivity contribution < 1.29 is 26.8 Å². The third-order valence-electron chi connectivity index (χ3n) is 1.08. The first-order valence-electron chi connectivity index (χ1n) is 4.78. The molecule has 2 nitrogen and oxygen atoms in total. The van der Waals surface area contributed by atoms with Crippen molar-refractivity contribution in [2.24, 2.45) is 0 Å². The van der Waals surface area contributed by atoms with E-state index in [2.05, 4.69) is 11.3 Å². The lowest BCUT2D eigenvalue weighted by Gasteiger charge is -2.01. The Hall–Kier alpha value is -1.78. The van der Waals surface area contributed by atoms with E-state index in [0.29, 0.717) is 0 Å². The minimum absolute atomic E-state index is 1.10. The summed E-state index contributed by atoms with van der Waals surface area (Å²) >= 11 is 0. The number of carbonyl (C=O) groups is 1. The monoisotopic (exact) mass is 205 g/mol. The van der Waals surface area contributed by atoms with Crippen molar-refractivity contribution in [3.05, 3.63) is 42.2 Å². The number of halogens is 3. The van der Waals surface area contributed by atoms with Crippen molar-refractivity contribution >= 4 is 5.97 Å². The second kappa shape index (κ2) is 3.95. The van der Waals surface area contributed by atoms with Gasteiger partial charge in [-0.25, -0.2) is 13.6 Å². The zero-order valence-corrected chi connectivity index (χ0v) is 6.66. The minimum Gasteiger partial charge on any atom is -0.421 e. The van der Waals surface area contributed by atoms with Crippen molar-refractivity contribution in [2.45, 2.75) is 0 Å². The van der Waals surface area contributed by atoms with Crippen LogP contribution in [0.2, 0.25) is 0 Å². The molecule has 1 rings (SSSR count). The van der Waals surface area contributed by atoms with Crippen molar-refractivity contribution in [1.82, 2.24) is 0 Å². The molecule has 0 radical (unpaired) electrons. The maximum atomic E-state index is 13.1. The molecular weight excluding hydrogens is 197 g/mol. The Balaban J connectivity index is 3.35. The van der Waals surface area contributed by atoms with Crippen LogP contribution in [0, 0.1) is 11.6 Å².